The molecule has 3 rings (SSSR count). The van der Waals surface area contributed by atoms with E-state index in [0.29, 0.717) is 13.0 Å². The smallest absolute Gasteiger partial charge is 0.220 e. The molecule has 0 spiro atoms. The van der Waals surface area contributed by atoms with Crippen molar-refractivity contribution in [2.75, 3.05) is 6.54 Å². The molecular formula is C20H20ClNO. The molecular weight excluding hydrogens is 306 g/mol. The lowest BCUT2D eigenvalue weighted by atomic mass is 10.1. The van der Waals surface area contributed by atoms with Crippen molar-refractivity contribution in [3.63, 3.8) is 0 Å². The van der Waals surface area contributed by atoms with E-state index in [9.17, 15) is 4.79 Å². The van der Waals surface area contributed by atoms with Crippen molar-refractivity contribution >= 4 is 23.6 Å². The van der Waals surface area contributed by atoms with Crippen LogP contribution in [0.2, 0.25) is 5.02 Å². The highest BCUT2D eigenvalue weighted by atomic mass is 35.5. The topological polar surface area (TPSA) is 29.1 Å². The number of nitrogens with one attached hydrogen (secondary N) is 1. The molecule has 2 aromatic rings. The Kier molecular flexibility index (Phi) is 5.14. The number of fused-ring (bicyclic) bond motifs is 1. The van der Waals surface area contributed by atoms with Gasteiger partial charge in [-0.2, -0.15) is 0 Å². The van der Waals surface area contributed by atoms with Crippen molar-refractivity contribution in [3.05, 3.63) is 75.8 Å². The largest absolute Gasteiger partial charge is 0.356 e. The summed E-state index contributed by atoms with van der Waals surface area (Å²) in [5, 5.41) is 3.73. The summed E-state index contributed by atoms with van der Waals surface area (Å²) in [7, 11) is 0. The second kappa shape index (κ2) is 7.47. The van der Waals surface area contributed by atoms with Gasteiger partial charge in [-0.05, 0) is 48.1 Å². The predicted molar refractivity (Wildman–Crippen MR) is 95.5 cm³/mol. The maximum atomic E-state index is 12.0. The second-order valence-electron chi connectivity index (χ2n) is 5.90. The van der Waals surface area contributed by atoms with Gasteiger partial charge in [0, 0.05) is 18.0 Å². The van der Waals surface area contributed by atoms with Gasteiger partial charge >= 0.3 is 0 Å². The average Bonchev–Trinajstić information content (AvgIpc) is 2.98. The highest BCUT2D eigenvalue weighted by Crippen LogP contribution is 2.27. The van der Waals surface area contributed by atoms with Crippen LogP contribution in [0.4, 0.5) is 0 Å². The summed E-state index contributed by atoms with van der Waals surface area (Å²) in [4.78, 5) is 12.0. The van der Waals surface area contributed by atoms with Crippen LogP contribution in [0.15, 0.2) is 54.1 Å². The number of halogens is 1. The fraction of sp³-hybridized carbons (Fsp3) is 0.250. The Morgan fingerprint density at radius 2 is 1.83 bits per heavy atom. The molecule has 0 saturated heterocycles. The summed E-state index contributed by atoms with van der Waals surface area (Å²) >= 11 is 5.86. The van der Waals surface area contributed by atoms with E-state index in [1.54, 1.807) is 0 Å². The Morgan fingerprint density at radius 1 is 1.04 bits per heavy atom. The number of hydrogen-bond acceptors (Lipinski definition) is 1. The highest BCUT2D eigenvalue weighted by Gasteiger charge is 2.12. The maximum Gasteiger partial charge on any atom is 0.220 e. The number of allylic oxidation sites excluding steroid dienone is 1. The molecule has 1 aliphatic carbocycles. The first kappa shape index (κ1) is 15.8. The van der Waals surface area contributed by atoms with Crippen LogP contribution >= 0.6 is 11.6 Å². The Balaban J connectivity index is 1.38. The molecule has 0 saturated carbocycles. The zero-order valence-corrected chi connectivity index (χ0v) is 13.8. The lowest BCUT2D eigenvalue weighted by Crippen LogP contribution is -2.25. The Labute approximate surface area is 142 Å². The molecule has 2 aromatic carbocycles. The van der Waals surface area contributed by atoms with Crippen molar-refractivity contribution in [2.24, 2.45) is 0 Å². The van der Waals surface area contributed by atoms with Gasteiger partial charge in [0.05, 0.1) is 0 Å². The fourth-order valence-corrected chi connectivity index (χ4v) is 3.00. The highest BCUT2D eigenvalue weighted by molar-refractivity contribution is 6.30. The molecule has 118 valence electrons. The number of carbonyl (C=O) groups excluding carboxylic acids is 1. The molecule has 1 N–H and O–H groups in total. The van der Waals surface area contributed by atoms with Crippen LogP contribution in [-0.2, 0) is 17.6 Å². The summed E-state index contributed by atoms with van der Waals surface area (Å²) in [5.74, 6) is 0.121. The van der Waals surface area contributed by atoms with Crippen molar-refractivity contribution in [3.8, 4) is 0 Å². The van der Waals surface area contributed by atoms with E-state index in [4.69, 9.17) is 11.6 Å². The van der Waals surface area contributed by atoms with E-state index < -0.39 is 0 Å². The molecule has 0 heterocycles. The number of hydrogen-bond donors (Lipinski definition) is 1. The summed E-state index contributed by atoms with van der Waals surface area (Å²) in [6, 6.07) is 16.2. The normalized spacial score (nSPS) is 12.7. The molecule has 23 heavy (non-hydrogen) atoms. The van der Waals surface area contributed by atoms with Crippen LogP contribution in [0.3, 0.4) is 0 Å². The molecule has 0 radical (unpaired) electrons. The van der Waals surface area contributed by atoms with Crippen LogP contribution < -0.4 is 5.32 Å². The third-order valence-electron chi connectivity index (χ3n) is 4.15. The van der Waals surface area contributed by atoms with E-state index in [1.807, 2.05) is 24.3 Å². The summed E-state index contributed by atoms with van der Waals surface area (Å²) < 4.78 is 0. The number of carbonyl (C=O) groups is 1. The lowest BCUT2D eigenvalue weighted by molar-refractivity contribution is -0.121. The predicted octanol–water partition coefficient (Wildman–Crippen LogP) is 4.42. The first-order valence-electron chi connectivity index (χ1n) is 7.99. The van der Waals surface area contributed by atoms with E-state index in [2.05, 4.69) is 35.7 Å². The van der Waals surface area contributed by atoms with Crippen molar-refractivity contribution in [1.82, 2.24) is 5.32 Å². The third kappa shape index (κ3) is 4.46. The fourth-order valence-electron chi connectivity index (χ4n) is 2.87. The molecule has 0 fully saturated rings. The first-order chi connectivity index (χ1) is 11.2. The van der Waals surface area contributed by atoms with E-state index >= 15 is 0 Å². The minimum absolute atomic E-state index is 0.121. The van der Waals surface area contributed by atoms with Gasteiger partial charge in [-0.25, -0.2) is 0 Å². The number of benzene rings is 2. The molecule has 1 aliphatic rings. The van der Waals surface area contributed by atoms with Gasteiger partial charge in [0.25, 0.3) is 0 Å². The van der Waals surface area contributed by atoms with Crippen LogP contribution in [0, 0.1) is 0 Å². The van der Waals surface area contributed by atoms with Gasteiger partial charge < -0.3 is 5.32 Å². The van der Waals surface area contributed by atoms with Crippen molar-refractivity contribution < 1.29 is 4.79 Å². The molecule has 0 aromatic heterocycles. The molecule has 3 heteroatoms. The van der Waals surface area contributed by atoms with Gasteiger partial charge in [-0.3, -0.25) is 4.79 Å². The molecule has 0 aliphatic heterocycles. The van der Waals surface area contributed by atoms with E-state index in [0.717, 1.165) is 24.3 Å². The Bertz CT molecular complexity index is 719. The lowest BCUT2D eigenvalue weighted by Gasteiger charge is -2.06. The minimum Gasteiger partial charge on any atom is -0.356 e. The van der Waals surface area contributed by atoms with Crippen LogP contribution in [0.5, 0.6) is 0 Å². The van der Waals surface area contributed by atoms with Crippen molar-refractivity contribution in [1.29, 1.82) is 0 Å². The average molecular weight is 326 g/mol. The monoisotopic (exact) mass is 325 g/mol. The van der Waals surface area contributed by atoms with Gasteiger partial charge in [-0.15, -0.1) is 0 Å². The summed E-state index contributed by atoms with van der Waals surface area (Å²) in [6.45, 7) is 0.666. The molecule has 0 atom stereocenters. The third-order valence-corrected chi connectivity index (χ3v) is 4.41. The van der Waals surface area contributed by atoms with Gasteiger partial charge in [0.15, 0.2) is 0 Å². The van der Waals surface area contributed by atoms with Crippen LogP contribution in [0.25, 0.3) is 6.08 Å². The zero-order chi connectivity index (χ0) is 16.1. The Hall–Kier alpha value is -2.06. The standard InChI is InChI=1S/C20H20ClNO/c21-19-8-5-15(6-9-19)11-12-22-20(23)10-7-16-13-17-3-1-2-4-18(17)14-16/h1-6,8-9,13H,7,10-12,14H2,(H,22,23). The van der Waals surface area contributed by atoms with Gasteiger partial charge in [-0.1, -0.05) is 59.6 Å². The molecule has 0 unspecified atom stereocenters. The summed E-state index contributed by atoms with van der Waals surface area (Å²) in [5.41, 5.74) is 5.19. The zero-order valence-electron chi connectivity index (χ0n) is 13.0. The number of amides is 1. The first-order valence-corrected chi connectivity index (χ1v) is 8.37. The Morgan fingerprint density at radius 3 is 2.61 bits per heavy atom. The SMILES string of the molecule is O=C(CCC1=Cc2ccccc2C1)NCCc1ccc(Cl)cc1. The maximum absolute atomic E-state index is 12.0. The van der Waals surface area contributed by atoms with E-state index in [-0.39, 0.29) is 5.91 Å². The van der Waals surface area contributed by atoms with Gasteiger partial charge in [0.2, 0.25) is 5.91 Å². The van der Waals surface area contributed by atoms with E-state index in [1.165, 1.54) is 22.3 Å². The minimum atomic E-state index is 0.121. The quantitative estimate of drug-likeness (QED) is 0.837. The van der Waals surface area contributed by atoms with Gasteiger partial charge in [0.1, 0.15) is 0 Å². The molecule has 2 nitrogen and oxygen atoms in total. The van der Waals surface area contributed by atoms with Crippen molar-refractivity contribution in [2.45, 2.75) is 25.7 Å². The van der Waals surface area contributed by atoms with Crippen LogP contribution in [0.1, 0.15) is 29.5 Å². The second-order valence-corrected chi connectivity index (χ2v) is 6.34. The van der Waals surface area contributed by atoms with Crippen LogP contribution in [-0.4, -0.2) is 12.5 Å². The summed E-state index contributed by atoms with van der Waals surface area (Å²) in [6.07, 6.45) is 5.42. The molecule has 0 bridgehead atoms. The number of rotatable bonds is 6. The molecule has 1 amide bonds.